The van der Waals surface area contributed by atoms with E-state index in [4.69, 9.17) is 0 Å². The van der Waals surface area contributed by atoms with Crippen molar-refractivity contribution >= 4 is 56.2 Å². The third kappa shape index (κ3) is 4.19. The Morgan fingerprint density at radius 3 is 1.62 bits per heavy atom. The fourth-order valence-electron chi connectivity index (χ4n) is 9.28. The Morgan fingerprint density at radius 1 is 0.385 bits per heavy atom. The Bertz CT molecular complexity index is 2840. The van der Waals surface area contributed by atoms with Crippen molar-refractivity contribution in [1.82, 2.24) is 0 Å². The second kappa shape index (κ2) is 11.1. The summed E-state index contributed by atoms with van der Waals surface area (Å²) in [6.07, 6.45) is 0. The highest BCUT2D eigenvalue weighted by Crippen LogP contribution is 2.57. The lowest BCUT2D eigenvalue weighted by Crippen LogP contribution is -2.22. The predicted molar refractivity (Wildman–Crippen MR) is 225 cm³/mol. The zero-order valence-electron chi connectivity index (χ0n) is 29.2. The molecular formula is C51H35P. The van der Waals surface area contributed by atoms with Gasteiger partial charge in [-0.2, -0.15) is 0 Å². The fraction of sp³-hybridized carbons (Fsp3) is 0.0588. The molecule has 0 saturated carbocycles. The molecule has 0 radical (unpaired) electrons. The summed E-state index contributed by atoms with van der Waals surface area (Å²) in [6.45, 7) is 4.82. The Balaban J connectivity index is 1.04. The van der Waals surface area contributed by atoms with Crippen LogP contribution in [0.25, 0.3) is 76.8 Å². The first-order valence-electron chi connectivity index (χ1n) is 18.3. The number of benzene rings is 9. The van der Waals surface area contributed by atoms with Gasteiger partial charge in [0.1, 0.15) is 0 Å². The summed E-state index contributed by atoms with van der Waals surface area (Å²) in [5, 5.41) is 12.2. The van der Waals surface area contributed by atoms with Gasteiger partial charge in [-0.25, -0.2) is 0 Å². The molecule has 2 aliphatic rings. The molecule has 0 unspecified atom stereocenters. The van der Waals surface area contributed by atoms with Gasteiger partial charge in [-0.1, -0.05) is 178 Å². The first kappa shape index (κ1) is 29.9. The Morgan fingerprint density at radius 2 is 0.923 bits per heavy atom. The SMILES string of the molecule is CC1(C)c2cc(-c3ccc(P(c4cccc5ccccc45)c4cccc5ccccc45)cc3)ccc2-c2c1cc1c3c(cccc23)-c2ccccc2-1. The van der Waals surface area contributed by atoms with Crippen LogP contribution in [0.5, 0.6) is 0 Å². The Hall–Kier alpha value is -5.81. The second-order valence-electron chi connectivity index (χ2n) is 14.9. The maximum Gasteiger partial charge on any atom is 0.0159 e. The first-order valence-corrected chi connectivity index (χ1v) is 19.6. The van der Waals surface area contributed by atoms with Gasteiger partial charge in [0.05, 0.1) is 0 Å². The van der Waals surface area contributed by atoms with E-state index in [1.54, 1.807) is 0 Å². The van der Waals surface area contributed by atoms with Crippen LogP contribution in [-0.2, 0) is 5.41 Å². The van der Waals surface area contributed by atoms with E-state index in [1.165, 1.54) is 104 Å². The monoisotopic (exact) mass is 678 g/mol. The van der Waals surface area contributed by atoms with Crippen LogP contribution in [0.4, 0.5) is 0 Å². The van der Waals surface area contributed by atoms with E-state index in [2.05, 4.69) is 190 Å². The van der Waals surface area contributed by atoms with Gasteiger partial charge in [0.15, 0.2) is 0 Å². The summed E-state index contributed by atoms with van der Waals surface area (Å²) in [5.74, 6) is 0. The van der Waals surface area contributed by atoms with Crippen molar-refractivity contribution in [3.63, 3.8) is 0 Å². The molecule has 9 aromatic rings. The molecule has 1 heteroatoms. The van der Waals surface area contributed by atoms with E-state index in [0.717, 1.165) is 0 Å². The summed E-state index contributed by atoms with van der Waals surface area (Å²) < 4.78 is 0. The van der Waals surface area contributed by atoms with Crippen LogP contribution in [0.15, 0.2) is 176 Å². The molecule has 2 aliphatic carbocycles. The van der Waals surface area contributed by atoms with Crippen molar-refractivity contribution in [2.75, 3.05) is 0 Å². The van der Waals surface area contributed by atoms with Crippen LogP contribution in [0.2, 0.25) is 0 Å². The van der Waals surface area contributed by atoms with Gasteiger partial charge in [0.25, 0.3) is 0 Å². The number of hydrogen-bond acceptors (Lipinski definition) is 0. The van der Waals surface area contributed by atoms with Crippen molar-refractivity contribution in [1.29, 1.82) is 0 Å². The van der Waals surface area contributed by atoms with Gasteiger partial charge in [-0.15, -0.1) is 0 Å². The van der Waals surface area contributed by atoms with Gasteiger partial charge in [-0.05, 0) is 124 Å². The average molecular weight is 679 g/mol. The molecule has 11 rings (SSSR count). The van der Waals surface area contributed by atoms with Crippen LogP contribution in [0, 0.1) is 0 Å². The minimum Gasteiger partial charge on any atom is -0.0616 e. The van der Waals surface area contributed by atoms with Crippen LogP contribution >= 0.6 is 7.92 Å². The summed E-state index contributed by atoms with van der Waals surface area (Å²) in [4.78, 5) is 0. The number of fused-ring (bicyclic) bond motifs is 9. The quantitative estimate of drug-likeness (QED) is 0.163. The third-order valence-electron chi connectivity index (χ3n) is 11.8. The van der Waals surface area contributed by atoms with Gasteiger partial charge >= 0.3 is 0 Å². The van der Waals surface area contributed by atoms with Gasteiger partial charge in [-0.3, -0.25) is 0 Å². The molecule has 52 heavy (non-hydrogen) atoms. The second-order valence-corrected chi connectivity index (χ2v) is 17.0. The highest BCUT2D eigenvalue weighted by atomic mass is 31.1. The van der Waals surface area contributed by atoms with Gasteiger partial charge in [0, 0.05) is 5.41 Å². The molecule has 0 saturated heterocycles. The van der Waals surface area contributed by atoms with Gasteiger partial charge < -0.3 is 0 Å². The molecular weight excluding hydrogens is 644 g/mol. The van der Waals surface area contributed by atoms with Crippen LogP contribution in [-0.4, -0.2) is 0 Å². The van der Waals surface area contributed by atoms with E-state index >= 15 is 0 Å². The minimum absolute atomic E-state index is 0.115. The molecule has 0 atom stereocenters. The maximum absolute atomic E-state index is 2.50. The lowest BCUT2D eigenvalue weighted by Gasteiger charge is -2.24. The molecule has 0 N–H and O–H groups in total. The molecule has 0 nitrogen and oxygen atoms in total. The van der Waals surface area contributed by atoms with Gasteiger partial charge in [0.2, 0.25) is 0 Å². The average Bonchev–Trinajstić information content (AvgIpc) is 3.64. The topological polar surface area (TPSA) is 0 Å². The molecule has 0 spiro atoms. The summed E-state index contributed by atoms with van der Waals surface area (Å²) >= 11 is 0. The van der Waals surface area contributed by atoms with E-state index in [-0.39, 0.29) is 5.41 Å². The van der Waals surface area contributed by atoms with Crippen molar-refractivity contribution in [2.24, 2.45) is 0 Å². The molecule has 0 amide bonds. The zero-order valence-corrected chi connectivity index (χ0v) is 30.1. The van der Waals surface area contributed by atoms with Crippen LogP contribution in [0.1, 0.15) is 25.0 Å². The van der Waals surface area contributed by atoms with Crippen molar-refractivity contribution in [2.45, 2.75) is 19.3 Å². The predicted octanol–water partition coefficient (Wildman–Crippen LogP) is 12.5. The molecule has 9 aromatic carbocycles. The normalized spacial score (nSPS) is 13.5. The Labute approximate surface area is 305 Å². The summed E-state index contributed by atoms with van der Waals surface area (Å²) in [5.41, 5.74) is 13.5. The Kier molecular flexibility index (Phi) is 6.37. The number of hydrogen-bond donors (Lipinski definition) is 0. The minimum atomic E-state index is -0.814. The zero-order chi connectivity index (χ0) is 34.6. The summed E-state index contributed by atoms with van der Waals surface area (Å²) in [6, 6.07) is 66.3. The molecule has 0 heterocycles. The summed E-state index contributed by atoms with van der Waals surface area (Å²) in [7, 11) is -0.814. The standard InChI is InChI=1S/C51H35P/c1-51(2)45-30-35(26-29-42(45)50-43-21-11-20-41-39-18-7-8-19-40(39)44(49(41)43)31-46(50)51)32-24-27-36(28-25-32)52(47-22-9-14-33-12-3-5-16-37(33)47)48-23-10-15-34-13-4-6-17-38(34)48/h3-31H,1-2H3. The first-order chi connectivity index (χ1) is 25.6. The molecule has 0 bridgehead atoms. The molecule has 244 valence electrons. The third-order valence-corrected chi connectivity index (χ3v) is 14.3. The van der Waals surface area contributed by atoms with E-state index in [1.807, 2.05) is 0 Å². The highest BCUT2D eigenvalue weighted by Gasteiger charge is 2.39. The van der Waals surface area contributed by atoms with Crippen LogP contribution < -0.4 is 15.9 Å². The van der Waals surface area contributed by atoms with E-state index in [9.17, 15) is 0 Å². The molecule has 0 aromatic heterocycles. The van der Waals surface area contributed by atoms with Crippen molar-refractivity contribution in [3.05, 3.63) is 187 Å². The molecule has 0 fully saturated rings. The number of rotatable bonds is 4. The maximum atomic E-state index is 2.50. The largest absolute Gasteiger partial charge is 0.0616 e. The lowest BCUT2D eigenvalue weighted by atomic mass is 9.80. The van der Waals surface area contributed by atoms with Crippen LogP contribution in [0.3, 0.4) is 0 Å². The van der Waals surface area contributed by atoms with E-state index in [0.29, 0.717) is 0 Å². The fourth-order valence-corrected chi connectivity index (χ4v) is 11.9. The highest BCUT2D eigenvalue weighted by molar-refractivity contribution is 7.80. The van der Waals surface area contributed by atoms with Crippen molar-refractivity contribution < 1.29 is 0 Å². The lowest BCUT2D eigenvalue weighted by molar-refractivity contribution is 0.661. The smallest absolute Gasteiger partial charge is 0.0159 e. The van der Waals surface area contributed by atoms with Crippen molar-refractivity contribution in [3.8, 4) is 44.5 Å². The molecule has 0 aliphatic heterocycles. The van der Waals surface area contributed by atoms with E-state index < -0.39 is 7.92 Å².